The molecule has 0 bridgehead atoms. The summed E-state index contributed by atoms with van der Waals surface area (Å²) in [6.07, 6.45) is 4.22. The van der Waals surface area contributed by atoms with E-state index in [0.717, 1.165) is 70.9 Å². The van der Waals surface area contributed by atoms with E-state index in [9.17, 15) is 9.50 Å². The number of imidazole rings is 1. The van der Waals surface area contributed by atoms with E-state index < -0.39 is 5.82 Å². The fourth-order valence-electron chi connectivity index (χ4n) is 5.66. The molecule has 0 spiro atoms. The van der Waals surface area contributed by atoms with Gasteiger partial charge < -0.3 is 15.0 Å². The molecule has 2 aromatic carbocycles. The van der Waals surface area contributed by atoms with Crippen molar-refractivity contribution in [2.24, 2.45) is 0 Å². The molecule has 8 heteroatoms. The number of benzene rings is 2. The minimum absolute atomic E-state index is 0.314. The van der Waals surface area contributed by atoms with E-state index in [1.165, 1.54) is 37.2 Å². The fraction of sp³-hybridized carbons (Fsp3) is 0.407. The highest BCUT2D eigenvalue weighted by Gasteiger charge is 2.27. The van der Waals surface area contributed by atoms with Crippen LogP contribution in [-0.2, 0) is 19.4 Å². The minimum atomic E-state index is -0.614. The Morgan fingerprint density at radius 1 is 1.20 bits per heavy atom. The van der Waals surface area contributed by atoms with Gasteiger partial charge in [0, 0.05) is 37.5 Å². The van der Waals surface area contributed by atoms with Crippen LogP contribution in [0.4, 0.5) is 4.39 Å². The van der Waals surface area contributed by atoms with E-state index in [4.69, 9.17) is 4.98 Å². The van der Waals surface area contributed by atoms with Crippen molar-refractivity contribution >= 4 is 10.9 Å². The van der Waals surface area contributed by atoms with Gasteiger partial charge in [-0.1, -0.05) is 13.0 Å². The number of phenolic OH excluding ortho intramolecular Hbond substituents is 1. The highest BCUT2D eigenvalue weighted by Crippen LogP contribution is 2.34. The number of rotatable bonds is 5. The van der Waals surface area contributed by atoms with E-state index in [0.29, 0.717) is 12.5 Å². The summed E-state index contributed by atoms with van der Waals surface area (Å²) < 4.78 is 14.1. The summed E-state index contributed by atoms with van der Waals surface area (Å²) in [6, 6.07) is 9.54. The molecule has 7 nitrogen and oxygen atoms in total. The Kier molecular flexibility index (Phi) is 5.57. The Morgan fingerprint density at radius 3 is 2.89 bits per heavy atom. The quantitative estimate of drug-likeness (QED) is 0.397. The average Bonchev–Trinajstić information content (AvgIpc) is 3.58. The van der Waals surface area contributed by atoms with Crippen LogP contribution in [0.5, 0.6) is 5.75 Å². The van der Waals surface area contributed by atoms with Gasteiger partial charge >= 0.3 is 0 Å². The number of hydrogen-bond acceptors (Lipinski definition) is 5. The summed E-state index contributed by atoms with van der Waals surface area (Å²) in [5, 5.41) is 18.4. The van der Waals surface area contributed by atoms with Crippen LogP contribution >= 0.6 is 0 Å². The summed E-state index contributed by atoms with van der Waals surface area (Å²) in [5.74, 6) is -0.137. The van der Waals surface area contributed by atoms with Crippen molar-refractivity contribution in [3.8, 4) is 28.4 Å². The normalized spacial score (nSPS) is 19.0. The second kappa shape index (κ2) is 8.77. The number of aromatic hydroxyl groups is 1. The highest BCUT2D eigenvalue weighted by atomic mass is 19.1. The molecule has 1 unspecified atom stereocenters. The Labute approximate surface area is 204 Å². The maximum absolute atomic E-state index is 14.1. The molecule has 4 aromatic rings. The lowest BCUT2D eigenvalue weighted by molar-refractivity contribution is 0.179. The molecule has 35 heavy (non-hydrogen) atoms. The third-order valence-corrected chi connectivity index (χ3v) is 7.70. The SMILES string of the molecule is CCc1cc(O)c(F)cc1-c1ccc2c(-c3nc4c([nH]3)CN(CC3CCCN3C)CC4)n[nH]c2c1. The average molecular weight is 475 g/mol. The lowest BCUT2D eigenvalue weighted by atomic mass is 9.96. The number of halogens is 1. The molecule has 3 N–H and O–H groups in total. The molecule has 1 saturated heterocycles. The molecule has 0 radical (unpaired) electrons. The molecule has 0 amide bonds. The largest absolute Gasteiger partial charge is 0.505 e. The van der Waals surface area contributed by atoms with E-state index in [-0.39, 0.29) is 5.75 Å². The van der Waals surface area contributed by atoms with E-state index in [2.05, 4.69) is 32.0 Å². The molecule has 0 aliphatic carbocycles. The number of aromatic amines is 2. The predicted molar refractivity (Wildman–Crippen MR) is 135 cm³/mol. The van der Waals surface area contributed by atoms with Gasteiger partial charge in [0.1, 0.15) is 5.69 Å². The van der Waals surface area contributed by atoms with Crippen LogP contribution in [0.1, 0.15) is 36.7 Å². The zero-order valence-electron chi connectivity index (χ0n) is 20.2. The molecular formula is C27H31FN6O. The van der Waals surface area contributed by atoms with Gasteiger partial charge in [-0.3, -0.25) is 10.00 Å². The zero-order valence-corrected chi connectivity index (χ0v) is 20.2. The van der Waals surface area contributed by atoms with Crippen molar-refractivity contribution in [2.75, 3.05) is 26.7 Å². The van der Waals surface area contributed by atoms with Gasteiger partial charge in [0.25, 0.3) is 0 Å². The number of likely N-dealkylation sites (N-methyl/N-ethyl adjacent to an activating group) is 1. The first-order valence-electron chi connectivity index (χ1n) is 12.5. The summed E-state index contributed by atoms with van der Waals surface area (Å²) >= 11 is 0. The molecule has 1 atom stereocenters. The molecule has 6 rings (SSSR count). The standard InChI is InChI=1S/C27H31FN6O/c1-3-16-12-25(35)21(28)13-20(16)17-6-7-19-23(11-17)31-32-26(19)27-29-22-8-10-34(15-24(22)30-27)14-18-5-4-9-33(18)2/h6-7,11-13,18,35H,3-5,8-10,14-15H2,1-2H3,(H,29,30)(H,31,32). The number of likely N-dealkylation sites (tertiary alicyclic amines) is 1. The number of phenols is 1. The third-order valence-electron chi connectivity index (χ3n) is 7.70. The van der Waals surface area contributed by atoms with Crippen LogP contribution in [-0.4, -0.2) is 67.8 Å². The number of nitrogens with zero attached hydrogens (tertiary/aromatic N) is 4. The van der Waals surface area contributed by atoms with Crippen molar-refractivity contribution in [3.05, 3.63) is 53.1 Å². The first-order valence-corrected chi connectivity index (χ1v) is 12.5. The van der Waals surface area contributed by atoms with Gasteiger partial charge in [-0.05, 0) is 73.8 Å². The number of aryl methyl sites for hydroxylation is 1. The lowest BCUT2D eigenvalue weighted by Gasteiger charge is -2.31. The number of fused-ring (bicyclic) bond motifs is 2. The molecule has 182 valence electrons. The van der Waals surface area contributed by atoms with E-state index in [1.807, 2.05) is 25.1 Å². The second-order valence-corrected chi connectivity index (χ2v) is 9.92. The number of hydrogen-bond donors (Lipinski definition) is 3. The first kappa shape index (κ1) is 22.2. The summed E-state index contributed by atoms with van der Waals surface area (Å²) in [4.78, 5) is 13.5. The smallest absolute Gasteiger partial charge is 0.165 e. The van der Waals surface area contributed by atoms with E-state index in [1.54, 1.807) is 0 Å². The van der Waals surface area contributed by atoms with Crippen molar-refractivity contribution in [2.45, 2.75) is 45.2 Å². The molecule has 2 aromatic heterocycles. The van der Waals surface area contributed by atoms with Crippen LogP contribution < -0.4 is 0 Å². The topological polar surface area (TPSA) is 84.1 Å². The number of nitrogens with one attached hydrogen (secondary N) is 2. The summed E-state index contributed by atoms with van der Waals surface area (Å²) in [6.45, 7) is 6.23. The van der Waals surface area contributed by atoms with Gasteiger partial charge in [-0.25, -0.2) is 9.37 Å². The minimum Gasteiger partial charge on any atom is -0.505 e. The van der Waals surface area contributed by atoms with Crippen LogP contribution in [0.3, 0.4) is 0 Å². The molecule has 2 aliphatic rings. The van der Waals surface area contributed by atoms with Gasteiger partial charge in [-0.2, -0.15) is 5.10 Å². The Hall–Kier alpha value is -3.23. The van der Waals surface area contributed by atoms with Gasteiger partial charge in [-0.15, -0.1) is 0 Å². The van der Waals surface area contributed by atoms with Gasteiger partial charge in [0.15, 0.2) is 17.4 Å². The molecule has 4 heterocycles. The number of aromatic nitrogens is 4. The highest BCUT2D eigenvalue weighted by molar-refractivity contribution is 5.94. The summed E-state index contributed by atoms with van der Waals surface area (Å²) in [5.41, 5.74) is 6.55. The van der Waals surface area contributed by atoms with Crippen molar-refractivity contribution in [1.29, 1.82) is 0 Å². The monoisotopic (exact) mass is 474 g/mol. The van der Waals surface area contributed by atoms with Crippen molar-refractivity contribution in [1.82, 2.24) is 30.0 Å². The predicted octanol–water partition coefficient (Wildman–Crippen LogP) is 4.48. The van der Waals surface area contributed by atoms with Crippen molar-refractivity contribution < 1.29 is 9.50 Å². The Morgan fingerprint density at radius 2 is 2.09 bits per heavy atom. The third kappa shape index (κ3) is 4.00. The molecule has 0 saturated carbocycles. The number of H-pyrrole nitrogens is 2. The van der Waals surface area contributed by atoms with Crippen LogP contribution in [0, 0.1) is 5.82 Å². The first-order chi connectivity index (χ1) is 17.0. The maximum Gasteiger partial charge on any atom is 0.165 e. The molecule has 1 fully saturated rings. The fourth-order valence-corrected chi connectivity index (χ4v) is 5.66. The molecule has 2 aliphatic heterocycles. The maximum atomic E-state index is 14.1. The van der Waals surface area contributed by atoms with Crippen molar-refractivity contribution in [3.63, 3.8) is 0 Å². The van der Waals surface area contributed by atoms with Crippen LogP contribution in [0.25, 0.3) is 33.5 Å². The second-order valence-electron chi connectivity index (χ2n) is 9.92. The summed E-state index contributed by atoms with van der Waals surface area (Å²) in [7, 11) is 2.23. The van der Waals surface area contributed by atoms with Gasteiger partial charge in [0.2, 0.25) is 0 Å². The Balaban J connectivity index is 1.27. The Bertz CT molecular complexity index is 1390. The van der Waals surface area contributed by atoms with Crippen LogP contribution in [0.15, 0.2) is 30.3 Å². The lowest BCUT2D eigenvalue weighted by Crippen LogP contribution is -2.41. The van der Waals surface area contributed by atoms with Crippen LogP contribution in [0.2, 0.25) is 0 Å². The zero-order chi connectivity index (χ0) is 24.1. The molecular weight excluding hydrogens is 443 g/mol. The van der Waals surface area contributed by atoms with E-state index >= 15 is 0 Å². The van der Waals surface area contributed by atoms with Gasteiger partial charge in [0.05, 0.1) is 16.9 Å².